The van der Waals surface area contributed by atoms with Gasteiger partial charge in [0.25, 0.3) is 0 Å². The fourth-order valence-corrected chi connectivity index (χ4v) is 8.86. The zero-order valence-corrected chi connectivity index (χ0v) is 35.1. The summed E-state index contributed by atoms with van der Waals surface area (Å²) in [5.41, 5.74) is 10.1. The van der Waals surface area contributed by atoms with E-state index in [4.69, 9.17) is 31.4 Å². The molecule has 0 aromatic carbocycles. The van der Waals surface area contributed by atoms with E-state index in [-0.39, 0.29) is 122 Å². The molecule has 0 radical (unpaired) electrons. The topological polar surface area (TPSA) is 364 Å². The van der Waals surface area contributed by atoms with Gasteiger partial charge in [0.05, 0.1) is 24.2 Å². The van der Waals surface area contributed by atoms with Crippen molar-refractivity contribution in [1.82, 2.24) is 19.9 Å². The van der Waals surface area contributed by atoms with E-state index in [1.807, 2.05) is 0 Å². The molecule has 21 heteroatoms. The van der Waals surface area contributed by atoms with Gasteiger partial charge in [0.1, 0.15) is 0 Å². The molecule has 0 unspecified atom stereocenters. The molecular formula is C42H46N6NiO14-2. The van der Waals surface area contributed by atoms with Gasteiger partial charge >= 0.3 is 35.8 Å². The first-order chi connectivity index (χ1) is 29.0. The Morgan fingerprint density at radius 2 is 1.11 bits per heavy atom. The third-order valence-electron chi connectivity index (χ3n) is 11.7. The number of aliphatic carboxylic acids is 6. The normalized spacial score (nSPS) is 19.7. The van der Waals surface area contributed by atoms with Gasteiger partial charge in [0.2, 0.25) is 11.8 Å². The molecule has 63 heavy (non-hydrogen) atoms. The van der Waals surface area contributed by atoms with Gasteiger partial charge < -0.3 is 52.1 Å². The average Bonchev–Trinajstić information content (AvgIpc) is 3.77. The summed E-state index contributed by atoms with van der Waals surface area (Å²) in [4.78, 5) is 118. The van der Waals surface area contributed by atoms with Crippen molar-refractivity contribution in [2.24, 2.45) is 11.5 Å². The number of amides is 2. The predicted molar refractivity (Wildman–Crippen MR) is 215 cm³/mol. The number of fused-ring (bicyclic) bond motifs is 8. The summed E-state index contributed by atoms with van der Waals surface area (Å²) in [6.45, 7) is 3.26. The van der Waals surface area contributed by atoms with Crippen molar-refractivity contribution in [3.05, 3.63) is 69.6 Å². The Morgan fingerprint density at radius 3 is 1.67 bits per heavy atom. The molecule has 20 nitrogen and oxygen atoms in total. The van der Waals surface area contributed by atoms with Crippen molar-refractivity contribution in [2.45, 2.75) is 114 Å². The maximum atomic E-state index is 12.8. The summed E-state index contributed by atoms with van der Waals surface area (Å²) in [6.07, 6.45) is -4.58. The Hall–Kier alpha value is -6.63. The number of aryl methyl sites for hydroxylation is 1. The third kappa shape index (κ3) is 11.1. The summed E-state index contributed by atoms with van der Waals surface area (Å²) in [5, 5.41) is 59.2. The van der Waals surface area contributed by atoms with Gasteiger partial charge in [-0.05, 0) is 53.7 Å². The summed E-state index contributed by atoms with van der Waals surface area (Å²) in [5.74, 6) is -10.8. The van der Waals surface area contributed by atoms with Gasteiger partial charge in [-0.15, -0.1) is 11.0 Å². The Kier molecular flexibility index (Phi) is 15.3. The Labute approximate surface area is 368 Å². The first kappa shape index (κ1) is 49.0. The van der Waals surface area contributed by atoms with Crippen LogP contribution in [0.5, 0.6) is 0 Å². The second-order valence-electron chi connectivity index (χ2n) is 16.1. The van der Waals surface area contributed by atoms with Crippen LogP contribution in [0, 0.1) is 0 Å². The third-order valence-corrected chi connectivity index (χ3v) is 11.7. The van der Waals surface area contributed by atoms with Crippen molar-refractivity contribution in [2.75, 3.05) is 0 Å². The monoisotopic (exact) mass is 916 g/mol. The number of nitrogens with zero attached hydrogens (tertiary/aromatic N) is 4. The number of nitrogens with two attached hydrogens (primary N) is 2. The molecule has 4 atom stereocenters. The van der Waals surface area contributed by atoms with Gasteiger partial charge in [0, 0.05) is 77.7 Å². The van der Waals surface area contributed by atoms with Crippen molar-refractivity contribution < 1.29 is 85.5 Å². The minimum absolute atomic E-state index is 0. The molecule has 340 valence electrons. The first-order valence-corrected chi connectivity index (χ1v) is 19.6. The number of aromatic nitrogens is 4. The van der Waals surface area contributed by atoms with E-state index < -0.39 is 109 Å². The number of allylic oxidation sites excluding steroid dienone is 1. The second kappa shape index (κ2) is 19.6. The van der Waals surface area contributed by atoms with Crippen LogP contribution in [0.1, 0.15) is 135 Å². The minimum atomic E-state index is -1.37. The maximum Gasteiger partial charge on any atom is 0.307 e. The first-order valence-electron chi connectivity index (χ1n) is 19.6. The molecule has 8 bridgehead atoms. The van der Waals surface area contributed by atoms with Crippen LogP contribution in [0.25, 0.3) is 22.2 Å². The van der Waals surface area contributed by atoms with Gasteiger partial charge in [0.15, 0.2) is 0 Å². The SMILES string of the molecule is C[C@@]1(CC(N)=O)c2cc3[n-]c(cc4nc(cc5[n-]c(cc(n2)[C@H]1CCC(=O)O)[C@@](C)(CC(N)=O)[C@@H]5CCC(=O)O)C(CC(=O)O)=C4CCC(=O)O)c(CCC(=O)O)c3CC(=O)O.[Ni]. The van der Waals surface area contributed by atoms with Crippen molar-refractivity contribution in [1.29, 1.82) is 0 Å². The molecule has 0 saturated carbocycles. The molecular weight excluding hydrogens is 871 g/mol. The van der Waals surface area contributed by atoms with Gasteiger partial charge in [-0.1, -0.05) is 43.7 Å². The number of carbonyl (C=O) groups is 8. The number of carboxylic acid groups (broad SMARTS) is 6. The van der Waals surface area contributed by atoms with E-state index in [0.717, 1.165) is 0 Å². The number of hydrogen-bond acceptors (Lipinski definition) is 10. The summed E-state index contributed by atoms with van der Waals surface area (Å²) in [6, 6.07) is 5.71. The van der Waals surface area contributed by atoms with Crippen molar-refractivity contribution in [3.8, 4) is 0 Å². The average molecular weight is 918 g/mol. The predicted octanol–water partition coefficient (Wildman–Crippen LogP) is 2.75. The fraction of sp³-hybridized carbons (Fsp3) is 0.429. The zero-order chi connectivity index (χ0) is 45.8. The maximum absolute atomic E-state index is 12.8. The van der Waals surface area contributed by atoms with E-state index >= 15 is 0 Å². The van der Waals surface area contributed by atoms with Gasteiger partial charge in [-0.2, -0.15) is 11.4 Å². The molecule has 0 spiro atoms. The van der Waals surface area contributed by atoms with E-state index in [0.29, 0.717) is 0 Å². The van der Waals surface area contributed by atoms with Crippen LogP contribution in [0.4, 0.5) is 0 Å². The number of rotatable bonds is 20. The summed E-state index contributed by atoms with van der Waals surface area (Å²) >= 11 is 0. The smallest absolute Gasteiger partial charge is 0.307 e. The molecule has 0 fully saturated rings. The van der Waals surface area contributed by atoms with Crippen LogP contribution >= 0.6 is 0 Å². The van der Waals surface area contributed by atoms with E-state index in [1.54, 1.807) is 13.8 Å². The standard InChI is InChI=1S/C42H48N6O14.Ni/c1-41(17-33(43)49)23(5-9-37(55)56)29-14-27-21(11-39(59)60)19(3-7-35(51)52)25(45-27)13-26-20(4-8-36(53)54)22(12-40(61)62)28(46-26)15-31-42(2,18-34(44)50)24(6-10-38(57)58)30(48-31)16-32(41)47-29;/h13-16,23-24H,3-12,17-18H2,1-2H3,(H12,43,44,45,46,47,48,49,50,51,52,53,54,55,56,57,58,59,60,61,62);/p-2/t23-,24-,41+,42+;/m1./s1. The molecule has 2 amide bonds. The second-order valence-corrected chi connectivity index (χ2v) is 16.1. The van der Waals surface area contributed by atoms with E-state index in [1.165, 1.54) is 24.3 Å². The molecule has 0 saturated heterocycles. The van der Waals surface area contributed by atoms with E-state index in [9.17, 15) is 69.0 Å². The minimum Gasteiger partial charge on any atom is -0.664 e. The number of hydrogen-bond donors (Lipinski definition) is 8. The molecule has 3 aliphatic rings. The number of carbonyl (C=O) groups excluding carboxylic acids is 2. The largest absolute Gasteiger partial charge is 0.664 e. The molecule has 10 N–H and O–H groups in total. The fourth-order valence-electron chi connectivity index (χ4n) is 8.86. The van der Waals surface area contributed by atoms with Crippen LogP contribution in [0.2, 0.25) is 0 Å². The quantitative estimate of drug-likeness (QED) is 0.0885. The Balaban J connectivity index is 0.00000871. The summed E-state index contributed by atoms with van der Waals surface area (Å²) < 4.78 is 0. The van der Waals surface area contributed by atoms with Gasteiger partial charge in [-0.25, -0.2) is 4.98 Å². The molecule has 0 aliphatic carbocycles. The van der Waals surface area contributed by atoms with Crippen LogP contribution in [0.15, 0.2) is 24.3 Å². The zero-order valence-electron chi connectivity index (χ0n) is 34.2. The van der Waals surface area contributed by atoms with Crippen molar-refractivity contribution in [3.63, 3.8) is 0 Å². The summed E-state index contributed by atoms with van der Waals surface area (Å²) in [7, 11) is 0. The molecule has 3 aliphatic heterocycles. The number of primary amides is 2. The van der Waals surface area contributed by atoms with Crippen molar-refractivity contribution >= 4 is 69.8 Å². The van der Waals surface area contributed by atoms with Gasteiger partial charge in [-0.3, -0.25) is 43.3 Å². The Bertz CT molecular complexity index is 2490. The van der Waals surface area contributed by atoms with Crippen LogP contribution in [-0.4, -0.2) is 88.2 Å². The molecule has 2 aromatic rings. The van der Waals surface area contributed by atoms with Crippen LogP contribution < -0.4 is 21.4 Å². The molecule has 5 heterocycles. The van der Waals surface area contributed by atoms with Crippen LogP contribution in [0.3, 0.4) is 0 Å². The Morgan fingerprint density at radius 1 is 0.587 bits per heavy atom. The molecule has 5 rings (SSSR count). The molecule has 2 aromatic heterocycles. The van der Waals surface area contributed by atoms with Crippen LogP contribution in [-0.2, 0) is 78.5 Å². The number of carboxylic acids is 6. The van der Waals surface area contributed by atoms with E-state index in [2.05, 4.69) is 0 Å².